The van der Waals surface area contributed by atoms with Gasteiger partial charge in [0.1, 0.15) is 5.69 Å². The highest BCUT2D eigenvalue weighted by atomic mass is 16.3. The van der Waals surface area contributed by atoms with E-state index >= 15 is 0 Å². The van der Waals surface area contributed by atoms with Gasteiger partial charge in [0.25, 0.3) is 12.4 Å². The maximum absolute atomic E-state index is 12.3. The molecule has 2 aromatic rings. The number of hydrogen-bond donors (Lipinski definition) is 3. The van der Waals surface area contributed by atoms with Crippen molar-refractivity contribution >= 4 is 18.3 Å². The van der Waals surface area contributed by atoms with Crippen LogP contribution in [0.4, 0.5) is 0 Å². The van der Waals surface area contributed by atoms with E-state index in [0.29, 0.717) is 12.2 Å². The number of carbonyl (C=O) groups is 3. The number of nitrogens with zero attached hydrogens (tertiary/aromatic N) is 3. The summed E-state index contributed by atoms with van der Waals surface area (Å²) in [6, 6.07) is 5.36. The normalized spacial score (nSPS) is 18.0. The molecule has 0 spiro atoms. The number of aryl methyl sites for hydroxylation is 1. The van der Waals surface area contributed by atoms with E-state index in [0.717, 1.165) is 37.1 Å². The van der Waals surface area contributed by atoms with Gasteiger partial charge in [-0.05, 0) is 44.7 Å². The van der Waals surface area contributed by atoms with Gasteiger partial charge in [0.2, 0.25) is 5.91 Å². The molecule has 0 saturated heterocycles. The van der Waals surface area contributed by atoms with E-state index in [-0.39, 0.29) is 30.2 Å². The lowest BCUT2D eigenvalue weighted by Gasteiger charge is -2.28. The summed E-state index contributed by atoms with van der Waals surface area (Å²) in [7, 11) is 0. The first-order valence-electron chi connectivity index (χ1n) is 9.38. The summed E-state index contributed by atoms with van der Waals surface area (Å²) in [6.07, 6.45) is 8.09. The SMILES string of the molecule is Cc1cnc(CNC(=O)C2CCC(NC(=O)c3ccccn3)CC2)cn1.O=CO. The van der Waals surface area contributed by atoms with E-state index in [4.69, 9.17) is 9.90 Å². The lowest BCUT2D eigenvalue weighted by atomic mass is 9.85. The fraction of sp³-hybridized carbons (Fsp3) is 0.400. The van der Waals surface area contributed by atoms with E-state index in [1.807, 2.05) is 6.92 Å². The van der Waals surface area contributed by atoms with Gasteiger partial charge in [-0.2, -0.15) is 0 Å². The molecule has 0 aromatic carbocycles. The van der Waals surface area contributed by atoms with Gasteiger partial charge in [0.15, 0.2) is 0 Å². The van der Waals surface area contributed by atoms with E-state index in [1.165, 1.54) is 0 Å². The Kier molecular flexibility index (Phi) is 8.68. The highest BCUT2D eigenvalue weighted by molar-refractivity contribution is 5.92. The first-order valence-corrected chi connectivity index (χ1v) is 9.38. The maximum atomic E-state index is 12.3. The Morgan fingerprint density at radius 3 is 2.45 bits per heavy atom. The summed E-state index contributed by atoms with van der Waals surface area (Å²) in [6.45, 7) is 2.02. The summed E-state index contributed by atoms with van der Waals surface area (Å²) >= 11 is 0. The Morgan fingerprint density at radius 2 is 1.86 bits per heavy atom. The molecule has 154 valence electrons. The van der Waals surface area contributed by atoms with Crippen LogP contribution in [-0.2, 0) is 16.1 Å². The van der Waals surface area contributed by atoms with Crippen molar-refractivity contribution in [3.8, 4) is 0 Å². The topological polar surface area (TPSA) is 134 Å². The van der Waals surface area contributed by atoms with Crippen LogP contribution in [0.1, 0.15) is 47.6 Å². The lowest BCUT2D eigenvalue weighted by Crippen LogP contribution is -2.41. The second-order valence-corrected chi connectivity index (χ2v) is 6.71. The second-order valence-electron chi connectivity index (χ2n) is 6.71. The van der Waals surface area contributed by atoms with Gasteiger partial charge in [-0.25, -0.2) is 0 Å². The number of aromatic nitrogens is 3. The van der Waals surface area contributed by atoms with Gasteiger partial charge in [-0.15, -0.1) is 0 Å². The summed E-state index contributed by atoms with van der Waals surface area (Å²) in [4.78, 5) is 45.3. The quantitative estimate of drug-likeness (QED) is 0.648. The zero-order valence-corrected chi connectivity index (χ0v) is 16.2. The van der Waals surface area contributed by atoms with Gasteiger partial charge in [-0.3, -0.25) is 29.3 Å². The molecule has 2 heterocycles. The molecule has 1 saturated carbocycles. The predicted molar refractivity (Wildman–Crippen MR) is 105 cm³/mol. The zero-order chi connectivity index (χ0) is 21.1. The van der Waals surface area contributed by atoms with Crippen LogP contribution >= 0.6 is 0 Å². The number of hydrogen-bond acceptors (Lipinski definition) is 6. The summed E-state index contributed by atoms with van der Waals surface area (Å²) in [5.41, 5.74) is 2.03. The number of nitrogens with one attached hydrogen (secondary N) is 2. The lowest BCUT2D eigenvalue weighted by molar-refractivity contribution is -0.126. The van der Waals surface area contributed by atoms with Crippen molar-refractivity contribution in [3.63, 3.8) is 0 Å². The molecule has 1 aliphatic carbocycles. The molecule has 0 unspecified atom stereocenters. The number of amides is 2. The molecule has 2 aromatic heterocycles. The molecule has 1 fully saturated rings. The first kappa shape index (κ1) is 21.9. The minimum Gasteiger partial charge on any atom is -0.483 e. The third kappa shape index (κ3) is 7.28. The van der Waals surface area contributed by atoms with Crippen molar-refractivity contribution in [1.29, 1.82) is 0 Å². The Labute approximate surface area is 169 Å². The van der Waals surface area contributed by atoms with Crippen molar-refractivity contribution in [1.82, 2.24) is 25.6 Å². The fourth-order valence-corrected chi connectivity index (χ4v) is 3.09. The van der Waals surface area contributed by atoms with E-state index in [1.54, 1.807) is 36.8 Å². The highest BCUT2D eigenvalue weighted by Gasteiger charge is 2.27. The Hall–Kier alpha value is -3.36. The molecule has 0 atom stereocenters. The average molecular weight is 399 g/mol. The van der Waals surface area contributed by atoms with Crippen LogP contribution in [0.2, 0.25) is 0 Å². The molecule has 29 heavy (non-hydrogen) atoms. The molecule has 9 nitrogen and oxygen atoms in total. The summed E-state index contributed by atoms with van der Waals surface area (Å²) in [5.74, 6) is -0.130. The minimum absolute atomic E-state index is 0.0172. The van der Waals surface area contributed by atoms with Crippen LogP contribution in [0.15, 0.2) is 36.8 Å². The fourth-order valence-electron chi connectivity index (χ4n) is 3.09. The van der Waals surface area contributed by atoms with Crippen LogP contribution in [0, 0.1) is 12.8 Å². The van der Waals surface area contributed by atoms with Crippen LogP contribution < -0.4 is 10.6 Å². The van der Waals surface area contributed by atoms with Gasteiger partial charge < -0.3 is 15.7 Å². The predicted octanol–water partition coefficient (Wildman–Crippen LogP) is 1.49. The van der Waals surface area contributed by atoms with E-state index in [9.17, 15) is 9.59 Å². The van der Waals surface area contributed by atoms with Gasteiger partial charge in [0, 0.05) is 24.4 Å². The Balaban J connectivity index is 0.000000941. The summed E-state index contributed by atoms with van der Waals surface area (Å²) in [5, 5.41) is 12.8. The first-order chi connectivity index (χ1) is 14.0. The molecule has 0 aliphatic heterocycles. The summed E-state index contributed by atoms with van der Waals surface area (Å²) < 4.78 is 0. The molecule has 9 heteroatoms. The Bertz CT molecular complexity index is 790. The molecule has 2 amide bonds. The standard InChI is InChI=1S/C19H23N5O2.CH2O2/c1-13-10-22-16(11-21-13)12-23-18(25)14-5-7-15(8-6-14)24-19(26)17-4-2-3-9-20-17;2-1-3/h2-4,9-11,14-15H,5-8,12H2,1H3,(H,23,25)(H,24,26);1H,(H,2,3). The van der Waals surface area contributed by atoms with Crippen molar-refractivity contribution in [3.05, 3.63) is 53.9 Å². The molecule has 1 aliphatic rings. The molecular weight excluding hydrogens is 374 g/mol. The van der Waals surface area contributed by atoms with Gasteiger partial charge >= 0.3 is 0 Å². The number of pyridine rings is 1. The van der Waals surface area contributed by atoms with E-state index in [2.05, 4.69) is 25.6 Å². The molecule has 0 radical (unpaired) electrons. The second kappa shape index (κ2) is 11.5. The third-order valence-corrected chi connectivity index (χ3v) is 4.61. The molecule has 3 rings (SSSR count). The van der Waals surface area contributed by atoms with Gasteiger partial charge in [-0.1, -0.05) is 6.07 Å². The zero-order valence-electron chi connectivity index (χ0n) is 16.2. The molecule has 0 bridgehead atoms. The van der Waals surface area contributed by atoms with Crippen molar-refractivity contribution in [2.45, 2.75) is 45.2 Å². The molecular formula is C20H25N5O4. The average Bonchev–Trinajstić information content (AvgIpc) is 2.75. The number of carboxylic acid groups (broad SMARTS) is 1. The van der Waals surface area contributed by atoms with Crippen LogP contribution in [0.5, 0.6) is 0 Å². The van der Waals surface area contributed by atoms with Crippen molar-refractivity contribution in [2.24, 2.45) is 5.92 Å². The smallest absolute Gasteiger partial charge is 0.290 e. The monoisotopic (exact) mass is 399 g/mol. The van der Waals surface area contributed by atoms with Crippen LogP contribution in [0.3, 0.4) is 0 Å². The van der Waals surface area contributed by atoms with Crippen LogP contribution in [-0.4, -0.2) is 44.4 Å². The maximum Gasteiger partial charge on any atom is 0.290 e. The van der Waals surface area contributed by atoms with Gasteiger partial charge in [0.05, 0.1) is 24.1 Å². The third-order valence-electron chi connectivity index (χ3n) is 4.61. The minimum atomic E-state index is -0.250. The number of rotatable bonds is 5. The van der Waals surface area contributed by atoms with Crippen molar-refractivity contribution in [2.75, 3.05) is 0 Å². The van der Waals surface area contributed by atoms with Crippen molar-refractivity contribution < 1.29 is 19.5 Å². The Morgan fingerprint density at radius 1 is 1.14 bits per heavy atom. The number of carbonyl (C=O) groups excluding carboxylic acids is 2. The van der Waals surface area contributed by atoms with E-state index < -0.39 is 0 Å². The van der Waals surface area contributed by atoms with Crippen LogP contribution in [0.25, 0.3) is 0 Å². The largest absolute Gasteiger partial charge is 0.483 e. The molecule has 3 N–H and O–H groups in total. The highest BCUT2D eigenvalue weighted by Crippen LogP contribution is 2.24.